The van der Waals surface area contributed by atoms with Crippen LogP contribution in [0.5, 0.6) is 0 Å². The first kappa shape index (κ1) is 12.9. The average molecular weight is 260 g/mol. The minimum Gasteiger partial charge on any atom is -0.0988 e. The van der Waals surface area contributed by atoms with Gasteiger partial charge in [0.2, 0.25) is 0 Å². The molecule has 1 aliphatic carbocycles. The standard InChI is InChI=1S/C20H20/c1-4-16-13-20(17-11-9-14(2)10-12-17)19-8-6-5-7-18(19)15(16)3/h4-12,20H,1,13H2,2-3H3. The maximum atomic E-state index is 3.99. The molecule has 0 spiro atoms. The van der Waals surface area contributed by atoms with Crippen molar-refractivity contribution in [1.29, 1.82) is 0 Å². The molecule has 0 bridgehead atoms. The molecule has 0 heterocycles. The largest absolute Gasteiger partial charge is 0.0988 e. The maximum absolute atomic E-state index is 3.99. The Hall–Kier alpha value is -2.08. The van der Waals surface area contributed by atoms with Gasteiger partial charge >= 0.3 is 0 Å². The lowest BCUT2D eigenvalue weighted by molar-refractivity contribution is 0.792. The zero-order valence-corrected chi connectivity index (χ0v) is 12.2. The van der Waals surface area contributed by atoms with Crippen molar-refractivity contribution in [2.24, 2.45) is 0 Å². The molecule has 0 aliphatic heterocycles. The molecular formula is C20H20. The van der Waals surface area contributed by atoms with E-state index in [0.29, 0.717) is 5.92 Å². The summed E-state index contributed by atoms with van der Waals surface area (Å²) in [7, 11) is 0. The van der Waals surface area contributed by atoms with Crippen molar-refractivity contribution >= 4 is 5.57 Å². The van der Waals surface area contributed by atoms with Gasteiger partial charge in [0.25, 0.3) is 0 Å². The van der Waals surface area contributed by atoms with Crippen LogP contribution in [0.25, 0.3) is 5.57 Å². The number of hydrogen-bond acceptors (Lipinski definition) is 0. The minimum atomic E-state index is 0.448. The number of allylic oxidation sites excluding steroid dienone is 3. The van der Waals surface area contributed by atoms with Gasteiger partial charge in [-0.1, -0.05) is 66.7 Å². The Morgan fingerprint density at radius 3 is 2.40 bits per heavy atom. The van der Waals surface area contributed by atoms with Crippen molar-refractivity contribution in [2.45, 2.75) is 26.2 Å². The molecular weight excluding hydrogens is 240 g/mol. The van der Waals surface area contributed by atoms with Gasteiger partial charge in [-0.2, -0.15) is 0 Å². The lowest BCUT2D eigenvalue weighted by Gasteiger charge is -2.28. The Balaban J connectivity index is 2.14. The molecule has 20 heavy (non-hydrogen) atoms. The highest BCUT2D eigenvalue weighted by Gasteiger charge is 2.24. The summed E-state index contributed by atoms with van der Waals surface area (Å²) in [5, 5.41) is 0. The maximum Gasteiger partial charge on any atom is 0.0136 e. The molecule has 3 rings (SSSR count). The summed E-state index contributed by atoms with van der Waals surface area (Å²) < 4.78 is 0. The monoisotopic (exact) mass is 260 g/mol. The van der Waals surface area contributed by atoms with Gasteiger partial charge in [-0.05, 0) is 48.1 Å². The number of benzene rings is 2. The fourth-order valence-corrected chi connectivity index (χ4v) is 3.13. The molecule has 1 unspecified atom stereocenters. The van der Waals surface area contributed by atoms with E-state index < -0.39 is 0 Å². The van der Waals surface area contributed by atoms with Crippen LogP contribution in [0.2, 0.25) is 0 Å². The van der Waals surface area contributed by atoms with Crippen molar-refractivity contribution in [1.82, 2.24) is 0 Å². The predicted octanol–water partition coefficient (Wildman–Crippen LogP) is 5.49. The summed E-state index contributed by atoms with van der Waals surface area (Å²) >= 11 is 0. The topological polar surface area (TPSA) is 0 Å². The molecule has 2 aromatic carbocycles. The van der Waals surface area contributed by atoms with E-state index in [1.807, 2.05) is 6.08 Å². The number of hydrogen-bond donors (Lipinski definition) is 0. The SMILES string of the molecule is C=CC1=C(C)c2ccccc2C(c2ccc(C)cc2)C1. The molecule has 1 aliphatic rings. The molecule has 0 N–H and O–H groups in total. The quantitative estimate of drug-likeness (QED) is 0.669. The molecule has 0 saturated carbocycles. The lowest BCUT2D eigenvalue weighted by atomic mass is 9.76. The van der Waals surface area contributed by atoms with Crippen LogP contribution in [0, 0.1) is 6.92 Å². The molecule has 100 valence electrons. The predicted molar refractivity (Wildman–Crippen MR) is 86.9 cm³/mol. The molecule has 0 fully saturated rings. The van der Waals surface area contributed by atoms with Gasteiger partial charge in [0.05, 0.1) is 0 Å². The molecule has 0 heteroatoms. The first-order valence-electron chi connectivity index (χ1n) is 7.18. The van der Waals surface area contributed by atoms with Gasteiger partial charge in [0, 0.05) is 5.92 Å². The molecule has 0 aromatic heterocycles. The summed E-state index contributed by atoms with van der Waals surface area (Å²) in [4.78, 5) is 0. The fourth-order valence-electron chi connectivity index (χ4n) is 3.13. The normalized spacial score (nSPS) is 17.8. The van der Waals surface area contributed by atoms with Crippen molar-refractivity contribution in [2.75, 3.05) is 0 Å². The van der Waals surface area contributed by atoms with E-state index in [4.69, 9.17) is 0 Å². The Bertz CT molecular complexity index is 671. The fraction of sp³-hybridized carbons (Fsp3) is 0.200. The van der Waals surface area contributed by atoms with Gasteiger partial charge in [0.15, 0.2) is 0 Å². The van der Waals surface area contributed by atoms with E-state index in [1.165, 1.54) is 33.4 Å². The first-order chi connectivity index (χ1) is 9.70. The van der Waals surface area contributed by atoms with Gasteiger partial charge < -0.3 is 0 Å². The van der Waals surface area contributed by atoms with Gasteiger partial charge in [-0.15, -0.1) is 0 Å². The van der Waals surface area contributed by atoms with E-state index >= 15 is 0 Å². The number of aryl methyl sites for hydroxylation is 1. The number of fused-ring (bicyclic) bond motifs is 1. The third-order valence-corrected chi connectivity index (χ3v) is 4.37. The molecule has 0 radical (unpaired) electrons. The summed E-state index contributed by atoms with van der Waals surface area (Å²) in [6.07, 6.45) is 3.07. The van der Waals surface area contributed by atoms with E-state index in [0.717, 1.165) is 6.42 Å². The van der Waals surface area contributed by atoms with Crippen LogP contribution in [-0.2, 0) is 0 Å². The summed E-state index contributed by atoms with van der Waals surface area (Å²) in [6, 6.07) is 17.7. The highest BCUT2D eigenvalue weighted by Crippen LogP contribution is 2.42. The lowest BCUT2D eigenvalue weighted by Crippen LogP contribution is -2.10. The molecule has 0 saturated heterocycles. The van der Waals surface area contributed by atoms with E-state index in [9.17, 15) is 0 Å². The molecule has 1 atom stereocenters. The van der Waals surface area contributed by atoms with Crippen LogP contribution >= 0.6 is 0 Å². The second-order valence-corrected chi connectivity index (χ2v) is 5.61. The van der Waals surface area contributed by atoms with Crippen LogP contribution in [0.4, 0.5) is 0 Å². The van der Waals surface area contributed by atoms with Crippen LogP contribution in [0.1, 0.15) is 41.5 Å². The van der Waals surface area contributed by atoms with E-state index in [-0.39, 0.29) is 0 Å². The summed E-state index contributed by atoms with van der Waals surface area (Å²) in [6.45, 7) is 8.34. The molecule has 0 nitrogen and oxygen atoms in total. The van der Waals surface area contributed by atoms with Gasteiger partial charge in [-0.3, -0.25) is 0 Å². The summed E-state index contributed by atoms with van der Waals surface area (Å²) in [5.74, 6) is 0.448. The van der Waals surface area contributed by atoms with Gasteiger partial charge in [-0.25, -0.2) is 0 Å². The second-order valence-electron chi connectivity index (χ2n) is 5.61. The third-order valence-electron chi connectivity index (χ3n) is 4.37. The van der Waals surface area contributed by atoms with Gasteiger partial charge in [0.1, 0.15) is 0 Å². The average Bonchev–Trinajstić information content (AvgIpc) is 2.49. The third kappa shape index (κ3) is 2.12. The smallest absolute Gasteiger partial charge is 0.0136 e. The minimum absolute atomic E-state index is 0.448. The van der Waals surface area contributed by atoms with E-state index in [2.05, 4.69) is 69.0 Å². The van der Waals surface area contributed by atoms with Crippen molar-refractivity contribution in [3.05, 3.63) is 89.0 Å². The number of rotatable bonds is 2. The molecule has 2 aromatic rings. The highest BCUT2D eigenvalue weighted by molar-refractivity contribution is 5.75. The zero-order valence-electron chi connectivity index (χ0n) is 12.2. The van der Waals surface area contributed by atoms with Crippen LogP contribution < -0.4 is 0 Å². The van der Waals surface area contributed by atoms with Crippen LogP contribution in [0.3, 0.4) is 0 Å². The Morgan fingerprint density at radius 2 is 1.70 bits per heavy atom. The zero-order chi connectivity index (χ0) is 14.1. The summed E-state index contributed by atoms with van der Waals surface area (Å²) in [5.41, 5.74) is 8.27. The second kappa shape index (κ2) is 5.13. The van der Waals surface area contributed by atoms with Crippen molar-refractivity contribution in [3.8, 4) is 0 Å². The van der Waals surface area contributed by atoms with Crippen molar-refractivity contribution < 1.29 is 0 Å². The Labute approximate surface area is 121 Å². The van der Waals surface area contributed by atoms with Crippen LogP contribution in [0.15, 0.2) is 66.8 Å². The van der Waals surface area contributed by atoms with Crippen molar-refractivity contribution in [3.63, 3.8) is 0 Å². The van der Waals surface area contributed by atoms with Crippen LogP contribution in [-0.4, -0.2) is 0 Å². The molecule has 0 amide bonds. The highest BCUT2D eigenvalue weighted by atomic mass is 14.3. The Morgan fingerprint density at radius 1 is 1.00 bits per heavy atom. The van der Waals surface area contributed by atoms with E-state index in [1.54, 1.807) is 0 Å². The Kier molecular flexibility index (Phi) is 3.31. The first-order valence-corrected chi connectivity index (χ1v) is 7.18.